The summed E-state index contributed by atoms with van der Waals surface area (Å²) in [5, 5.41) is -0.219. The maximum atomic E-state index is 10.4. The van der Waals surface area contributed by atoms with Crippen molar-refractivity contribution in [1.82, 2.24) is 0 Å². The van der Waals surface area contributed by atoms with Crippen molar-refractivity contribution < 1.29 is 4.79 Å². The molecule has 1 atom stereocenters. The fraction of sp³-hybridized carbons (Fsp3) is 0.857. The molecule has 9 heavy (non-hydrogen) atoms. The molecule has 54 valence electrons. The molecule has 0 spiro atoms. The van der Waals surface area contributed by atoms with E-state index in [-0.39, 0.29) is 11.2 Å². The van der Waals surface area contributed by atoms with Crippen LogP contribution in [-0.4, -0.2) is 5.24 Å². The van der Waals surface area contributed by atoms with E-state index in [1.165, 1.54) is 0 Å². The largest absolute Gasteiger partial charge is 0.281 e. The van der Waals surface area contributed by atoms with Gasteiger partial charge < -0.3 is 0 Å². The van der Waals surface area contributed by atoms with Crippen molar-refractivity contribution in [3.8, 4) is 0 Å². The van der Waals surface area contributed by atoms with Crippen molar-refractivity contribution in [2.24, 2.45) is 11.8 Å². The SMILES string of the molecule is CC(C)C[C@@H](C)C(=O)Cl. The van der Waals surface area contributed by atoms with Gasteiger partial charge in [-0.1, -0.05) is 20.8 Å². The molecule has 1 nitrogen and oxygen atoms in total. The first-order valence-electron chi connectivity index (χ1n) is 3.23. The van der Waals surface area contributed by atoms with Crippen LogP contribution in [0.15, 0.2) is 0 Å². The zero-order chi connectivity index (χ0) is 7.44. The van der Waals surface area contributed by atoms with E-state index in [4.69, 9.17) is 11.6 Å². The van der Waals surface area contributed by atoms with E-state index in [0.717, 1.165) is 6.42 Å². The Morgan fingerprint density at radius 1 is 1.44 bits per heavy atom. The molecule has 0 bridgehead atoms. The lowest BCUT2D eigenvalue weighted by Crippen LogP contribution is -2.06. The maximum absolute atomic E-state index is 10.4. The van der Waals surface area contributed by atoms with Crippen LogP contribution < -0.4 is 0 Å². The monoisotopic (exact) mass is 148 g/mol. The summed E-state index contributed by atoms with van der Waals surface area (Å²) in [5.41, 5.74) is 0. The summed E-state index contributed by atoms with van der Waals surface area (Å²) in [6.45, 7) is 6.02. The third-order valence-electron chi connectivity index (χ3n) is 1.21. The molecule has 2 heteroatoms. The smallest absolute Gasteiger partial charge is 0.224 e. The molecule has 0 heterocycles. The van der Waals surface area contributed by atoms with Gasteiger partial charge in [0.1, 0.15) is 0 Å². The highest BCUT2D eigenvalue weighted by atomic mass is 35.5. The lowest BCUT2D eigenvalue weighted by Gasteiger charge is -2.07. The standard InChI is InChI=1S/C7H13ClO/c1-5(2)4-6(3)7(8)9/h5-6H,4H2,1-3H3/t6-/m1/s1. The lowest BCUT2D eigenvalue weighted by molar-refractivity contribution is -0.115. The van der Waals surface area contributed by atoms with Crippen LogP contribution in [0.25, 0.3) is 0 Å². The molecule has 0 saturated heterocycles. The van der Waals surface area contributed by atoms with Gasteiger partial charge in [-0.05, 0) is 23.9 Å². The van der Waals surface area contributed by atoms with Crippen LogP contribution >= 0.6 is 11.6 Å². The Morgan fingerprint density at radius 3 is 2.00 bits per heavy atom. The quantitative estimate of drug-likeness (QED) is 0.562. The van der Waals surface area contributed by atoms with Crippen LogP contribution in [-0.2, 0) is 4.79 Å². The molecule has 0 N–H and O–H groups in total. The molecule has 0 fully saturated rings. The first-order chi connectivity index (χ1) is 4.04. The highest BCUT2D eigenvalue weighted by Gasteiger charge is 2.10. The van der Waals surface area contributed by atoms with Crippen molar-refractivity contribution in [1.29, 1.82) is 0 Å². The van der Waals surface area contributed by atoms with Gasteiger partial charge in [0.2, 0.25) is 5.24 Å². The summed E-state index contributed by atoms with van der Waals surface area (Å²) in [4.78, 5) is 10.4. The summed E-state index contributed by atoms with van der Waals surface area (Å²) in [6, 6.07) is 0. The fourth-order valence-electron chi connectivity index (χ4n) is 0.800. The van der Waals surface area contributed by atoms with Gasteiger partial charge in [0.25, 0.3) is 0 Å². The summed E-state index contributed by atoms with van der Waals surface area (Å²) in [6.07, 6.45) is 0.891. The number of rotatable bonds is 3. The molecule has 0 amide bonds. The summed E-state index contributed by atoms with van der Waals surface area (Å²) in [5.74, 6) is 0.578. The third-order valence-corrected chi connectivity index (χ3v) is 1.58. The topological polar surface area (TPSA) is 17.1 Å². The van der Waals surface area contributed by atoms with E-state index < -0.39 is 0 Å². The number of carbonyl (C=O) groups is 1. The second kappa shape index (κ2) is 3.89. The van der Waals surface area contributed by atoms with E-state index in [2.05, 4.69) is 13.8 Å². The molecule has 0 unspecified atom stereocenters. The molecule has 0 aliphatic carbocycles. The average molecular weight is 149 g/mol. The van der Waals surface area contributed by atoms with Crippen molar-refractivity contribution >= 4 is 16.8 Å². The van der Waals surface area contributed by atoms with E-state index in [1.807, 2.05) is 6.92 Å². The lowest BCUT2D eigenvalue weighted by atomic mass is 10.0. The summed E-state index contributed by atoms with van der Waals surface area (Å²) >= 11 is 5.23. The Hall–Kier alpha value is -0.0400. The van der Waals surface area contributed by atoms with Gasteiger partial charge in [-0.15, -0.1) is 0 Å². The molecule has 0 aromatic heterocycles. The van der Waals surface area contributed by atoms with Gasteiger partial charge >= 0.3 is 0 Å². The summed E-state index contributed by atoms with van der Waals surface area (Å²) < 4.78 is 0. The fourth-order valence-corrected chi connectivity index (χ4v) is 0.889. The highest BCUT2D eigenvalue weighted by molar-refractivity contribution is 6.63. The summed E-state index contributed by atoms with van der Waals surface area (Å²) in [7, 11) is 0. The first kappa shape index (κ1) is 8.96. The molecule has 0 aromatic carbocycles. The number of hydrogen-bond donors (Lipinski definition) is 0. The predicted molar refractivity (Wildman–Crippen MR) is 39.5 cm³/mol. The van der Waals surface area contributed by atoms with E-state index >= 15 is 0 Å². The Balaban J connectivity index is 3.50. The molecular weight excluding hydrogens is 136 g/mol. The van der Waals surface area contributed by atoms with Gasteiger partial charge in [-0.2, -0.15) is 0 Å². The van der Waals surface area contributed by atoms with Gasteiger partial charge in [-0.25, -0.2) is 0 Å². The van der Waals surface area contributed by atoms with Crippen molar-refractivity contribution in [3.05, 3.63) is 0 Å². The minimum atomic E-state index is -0.219. The zero-order valence-corrected chi connectivity index (χ0v) is 6.90. The van der Waals surface area contributed by atoms with Crippen molar-refractivity contribution in [2.75, 3.05) is 0 Å². The Labute approximate surface area is 61.4 Å². The molecular formula is C7H13ClO. The van der Waals surface area contributed by atoms with Crippen LogP contribution in [0.1, 0.15) is 27.2 Å². The number of carbonyl (C=O) groups excluding carboxylic acids is 1. The third kappa shape index (κ3) is 4.46. The minimum Gasteiger partial charge on any atom is -0.281 e. The zero-order valence-electron chi connectivity index (χ0n) is 6.15. The Kier molecular flexibility index (Phi) is 3.87. The van der Waals surface area contributed by atoms with Crippen molar-refractivity contribution in [3.63, 3.8) is 0 Å². The predicted octanol–water partition coefficient (Wildman–Crippen LogP) is 2.43. The van der Waals surface area contributed by atoms with Crippen LogP contribution in [0.2, 0.25) is 0 Å². The van der Waals surface area contributed by atoms with E-state index in [1.54, 1.807) is 0 Å². The van der Waals surface area contributed by atoms with Crippen molar-refractivity contribution in [2.45, 2.75) is 27.2 Å². The maximum Gasteiger partial charge on any atom is 0.224 e. The first-order valence-corrected chi connectivity index (χ1v) is 3.61. The van der Waals surface area contributed by atoms with Gasteiger partial charge in [-0.3, -0.25) is 4.79 Å². The van der Waals surface area contributed by atoms with Crippen LogP contribution in [0.5, 0.6) is 0 Å². The second-order valence-corrected chi connectivity index (χ2v) is 3.21. The minimum absolute atomic E-state index is 0.0201. The average Bonchev–Trinajstić information content (AvgIpc) is 1.63. The number of hydrogen-bond acceptors (Lipinski definition) is 1. The van der Waals surface area contributed by atoms with Gasteiger partial charge in [0, 0.05) is 5.92 Å². The molecule has 0 aliphatic rings. The second-order valence-electron chi connectivity index (χ2n) is 2.83. The van der Waals surface area contributed by atoms with Gasteiger partial charge in [0.05, 0.1) is 0 Å². The normalized spacial score (nSPS) is 13.9. The highest BCUT2D eigenvalue weighted by Crippen LogP contribution is 2.12. The Morgan fingerprint density at radius 2 is 1.89 bits per heavy atom. The molecule has 0 radical (unpaired) electrons. The molecule has 0 aromatic rings. The Bertz CT molecular complexity index is 99.1. The molecule has 0 saturated carbocycles. The number of halogens is 1. The van der Waals surface area contributed by atoms with E-state index in [9.17, 15) is 4.79 Å². The van der Waals surface area contributed by atoms with E-state index in [0.29, 0.717) is 5.92 Å². The van der Waals surface area contributed by atoms with Crippen LogP contribution in [0.4, 0.5) is 0 Å². The van der Waals surface area contributed by atoms with Crippen LogP contribution in [0.3, 0.4) is 0 Å². The van der Waals surface area contributed by atoms with Crippen LogP contribution in [0, 0.1) is 11.8 Å². The molecule has 0 aliphatic heterocycles. The molecule has 0 rings (SSSR count). The van der Waals surface area contributed by atoms with Gasteiger partial charge in [0.15, 0.2) is 0 Å².